The summed E-state index contributed by atoms with van der Waals surface area (Å²) in [6.07, 6.45) is 1.95. The van der Waals surface area contributed by atoms with E-state index in [9.17, 15) is 19.2 Å². The minimum atomic E-state index is -1.16. The van der Waals surface area contributed by atoms with E-state index < -0.39 is 35.5 Å². The Labute approximate surface area is 283 Å². The van der Waals surface area contributed by atoms with Gasteiger partial charge in [0, 0.05) is 17.9 Å². The first-order valence-electron chi connectivity index (χ1n) is 15.7. The number of hydrogen-bond acceptors (Lipinski definition) is 11. The molecule has 0 saturated carbocycles. The fraction of sp³-hybridized carbons (Fsp3) is 0.417. The number of nitrogens with one attached hydrogen (secondary N) is 1. The number of benzene rings is 2. The molecule has 0 fully saturated rings. The molecule has 0 saturated heterocycles. The van der Waals surface area contributed by atoms with Gasteiger partial charge in [-0.15, -0.1) is 11.3 Å². The van der Waals surface area contributed by atoms with Crippen molar-refractivity contribution < 1.29 is 37.7 Å². The van der Waals surface area contributed by atoms with Gasteiger partial charge >= 0.3 is 18.2 Å². The van der Waals surface area contributed by atoms with Crippen LogP contribution in [0.1, 0.15) is 77.4 Å². The topological polar surface area (TPSA) is 143 Å². The second-order valence-corrected chi connectivity index (χ2v) is 14.4. The second-order valence-electron chi connectivity index (χ2n) is 13.3. The van der Waals surface area contributed by atoms with Gasteiger partial charge in [0.25, 0.3) is 0 Å². The molecule has 0 unspecified atom stereocenters. The lowest BCUT2D eigenvalue weighted by atomic mass is 10.0. The average Bonchev–Trinajstić information content (AvgIpc) is 3.40. The van der Waals surface area contributed by atoms with Gasteiger partial charge in [0.1, 0.15) is 40.6 Å². The highest BCUT2D eigenvalue weighted by Crippen LogP contribution is 2.29. The van der Waals surface area contributed by atoms with Crippen molar-refractivity contribution in [3.8, 4) is 22.8 Å². The number of nitrogens with zero attached hydrogens (tertiary/aromatic N) is 1. The van der Waals surface area contributed by atoms with Crippen LogP contribution in [0, 0.1) is 6.92 Å². The number of fused-ring (bicyclic) bond motifs is 1. The van der Waals surface area contributed by atoms with Crippen molar-refractivity contribution in [1.29, 1.82) is 0 Å². The van der Waals surface area contributed by atoms with Crippen LogP contribution in [0.15, 0.2) is 57.3 Å². The first-order valence-corrected chi connectivity index (χ1v) is 16.6. The molecule has 2 heterocycles. The molecule has 0 aliphatic heterocycles. The molecule has 12 heteroatoms. The number of carbonyl (C=O) groups is 3. The van der Waals surface area contributed by atoms with Gasteiger partial charge in [0.15, 0.2) is 0 Å². The maximum atomic E-state index is 13.8. The minimum Gasteiger partial charge on any atom is -0.463 e. The molecule has 0 aliphatic carbocycles. The summed E-state index contributed by atoms with van der Waals surface area (Å²) >= 11 is 1.44. The molecular formula is C36H42N2O9S. The quantitative estimate of drug-likeness (QED) is 0.0998. The molecule has 0 aliphatic rings. The zero-order chi connectivity index (χ0) is 35.2. The normalized spacial score (nSPS) is 12.3. The van der Waals surface area contributed by atoms with E-state index in [0.29, 0.717) is 34.2 Å². The summed E-state index contributed by atoms with van der Waals surface area (Å²) in [6, 6.07) is 8.51. The zero-order valence-electron chi connectivity index (χ0n) is 28.6. The van der Waals surface area contributed by atoms with Crippen LogP contribution in [-0.2, 0) is 27.1 Å². The highest BCUT2D eigenvalue weighted by Gasteiger charge is 2.28. The van der Waals surface area contributed by atoms with Gasteiger partial charge in [-0.2, -0.15) is 0 Å². The second kappa shape index (κ2) is 15.0. The van der Waals surface area contributed by atoms with Crippen LogP contribution in [0.25, 0.3) is 22.2 Å². The number of thiazole rings is 1. The number of unbranched alkanes of at least 4 members (excludes halogenated alkanes) is 1. The smallest absolute Gasteiger partial charge is 0.463 e. The molecule has 2 aromatic carbocycles. The first kappa shape index (κ1) is 36.1. The summed E-state index contributed by atoms with van der Waals surface area (Å²) in [4.78, 5) is 56.6. The Morgan fingerprint density at radius 1 is 0.979 bits per heavy atom. The SMILES string of the molecule is CCCCc1cc2c(=O)c(-c3csc(C)n3)coc2cc1OC(=O)[C@@H](Cc1ccc(OC(=O)OC(C)(C)C)cc1)NC(=O)OC(C)(C)C. The summed E-state index contributed by atoms with van der Waals surface area (Å²) in [5.41, 5.74) is 0.673. The summed E-state index contributed by atoms with van der Waals surface area (Å²) < 4.78 is 27.6. The Bertz CT molecular complexity index is 1830. The molecular weight excluding hydrogens is 636 g/mol. The number of ether oxygens (including phenoxy) is 4. The lowest BCUT2D eigenvalue weighted by Gasteiger charge is -2.23. The van der Waals surface area contributed by atoms with Crippen LogP contribution in [0.4, 0.5) is 9.59 Å². The average molecular weight is 679 g/mol. The lowest BCUT2D eigenvalue weighted by Crippen LogP contribution is -2.46. The maximum Gasteiger partial charge on any atom is 0.514 e. The van der Waals surface area contributed by atoms with Gasteiger partial charge in [-0.05, 0) is 90.6 Å². The summed E-state index contributed by atoms with van der Waals surface area (Å²) in [5.74, 6) is -0.277. The number of amides is 1. The Morgan fingerprint density at radius 2 is 1.67 bits per heavy atom. The van der Waals surface area contributed by atoms with E-state index in [0.717, 1.165) is 17.8 Å². The largest absolute Gasteiger partial charge is 0.514 e. The number of esters is 1. The number of carbonyl (C=O) groups excluding carboxylic acids is 3. The molecule has 1 N–H and O–H groups in total. The van der Waals surface area contributed by atoms with Gasteiger partial charge in [-0.1, -0.05) is 25.5 Å². The third-order valence-corrected chi connectivity index (χ3v) is 7.56. The number of aromatic nitrogens is 1. The van der Waals surface area contributed by atoms with Gasteiger partial charge < -0.3 is 28.7 Å². The molecule has 1 amide bonds. The highest BCUT2D eigenvalue weighted by atomic mass is 32.1. The molecule has 0 radical (unpaired) electrons. The monoisotopic (exact) mass is 678 g/mol. The Kier molecular flexibility index (Phi) is 11.3. The maximum absolute atomic E-state index is 13.8. The predicted octanol–water partition coefficient (Wildman–Crippen LogP) is 7.92. The van der Waals surface area contributed by atoms with E-state index in [1.54, 1.807) is 77.3 Å². The molecule has 48 heavy (non-hydrogen) atoms. The Balaban J connectivity index is 1.62. The van der Waals surface area contributed by atoms with Gasteiger partial charge in [-0.3, -0.25) is 4.79 Å². The van der Waals surface area contributed by atoms with Crippen LogP contribution < -0.4 is 20.2 Å². The van der Waals surface area contributed by atoms with E-state index >= 15 is 0 Å². The van der Waals surface area contributed by atoms with Crippen molar-refractivity contribution in [3.63, 3.8) is 0 Å². The summed E-state index contributed by atoms with van der Waals surface area (Å²) in [6.45, 7) is 14.2. The molecule has 1 atom stereocenters. The van der Waals surface area contributed by atoms with Gasteiger partial charge in [0.05, 0.1) is 21.7 Å². The highest BCUT2D eigenvalue weighted by molar-refractivity contribution is 7.09. The van der Waals surface area contributed by atoms with Crippen molar-refractivity contribution in [2.24, 2.45) is 0 Å². The molecule has 2 aromatic heterocycles. The third-order valence-electron chi connectivity index (χ3n) is 6.79. The van der Waals surface area contributed by atoms with E-state index in [-0.39, 0.29) is 28.9 Å². The van der Waals surface area contributed by atoms with E-state index in [1.165, 1.54) is 23.7 Å². The van der Waals surface area contributed by atoms with Crippen molar-refractivity contribution >= 4 is 40.5 Å². The van der Waals surface area contributed by atoms with Crippen molar-refractivity contribution in [2.75, 3.05) is 0 Å². The number of hydrogen-bond donors (Lipinski definition) is 1. The molecule has 11 nitrogen and oxygen atoms in total. The van der Waals surface area contributed by atoms with Crippen LogP contribution in [-0.4, -0.2) is 40.4 Å². The summed E-state index contributed by atoms with van der Waals surface area (Å²) in [7, 11) is 0. The molecule has 4 rings (SSSR count). The van der Waals surface area contributed by atoms with Crippen LogP contribution in [0.2, 0.25) is 0 Å². The standard InChI is InChI=1S/C36H42N2O9S/c1-9-10-11-23-17-25-30(43-19-26(31(25)39)28-20-48-21(2)37-28)18-29(23)45-32(40)27(38-33(41)46-35(3,4)5)16-22-12-14-24(15-13-22)44-34(42)47-36(6,7)8/h12-15,17-20,27H,9-11,16H2,1-8H3,(H,38,41)/t27-/m1/s1. The first-order chi connectivity index (χ1) is 22.5. The molecule has 0 spiro atoms. The third kappa shape index (κ3) is 10.1. The fourth-order valence-electron chi connectivity index (χ4n) is 4.64. The van der Waals surface area contributed by atoms with Gasteiger partial charge in [0.2, 0.25) is 5.43 Å². The van der Waals surface area contributed by atoms with E-state index in [1.807, 2.05) is 13.8 Å². The minimum absolute atomic E-state index is 0.0359. The van der Waals surface area contributed by atoms with Gasteiger partial charge in [-0.25, -0.2) is 19.4 Å². The molecule has 0 bridgehead atoms. The Hall–Kier alpha value is -4.71. The molecule has 256 valence electrons. The number of rotatable bonds is 10. The Morgan fingerprint density at radius 3 is 2.27 bits per heavy atom. The summed E-state index contributed by atoms with van der Waals surface area (Å²) in [5, 5.41) is 5.61. The zero-order valence-corrected chi connectivity index (χ0v) is 29.4. The predicted molar refractivity (Wildman–Crippen MR) is 183 cm³/mol. The van der Waals surface area contributed by atoms with Crippen LogP contribution in [0.5, 0.6) is 11.5 Å². The van der Waals surface area contributed by atoms with E-state index in [2.05, 4.69) is 10.3 Å². The lowest BCUT2D eigenvalue weighted by molar-refractivity contribution is -0.136. The molecule has 4 aromatic rings. The fourth-order valence-corrected chi connectivity index (χ4v) is 5.26. The number of alkyl carbamates (subject to hydrolysis) is 1. The van der Waals surface area contributed by atoms with E-state index in [4.69, 9.17) is 23.4 Å². The number of aryl methyl sites for hydroxylation is 2. The van der Waals surface area contributed by atoms with Crippen LogP contribution in [0.3, 0.4) is 0 Å². The van der Waals surface area contributed by atoms with Crippen molar-refractivity contribution in [1.82, 2.24) is 10.3 Å². The van der Waals surface area contributed by atoms with Crippen molar-refractivity contribution in [3.05, 3.63) is 74.4 Å². The van der Waals surface area contributed by atoms with Crippen molar-refractivity contribution in [2.45, 2.75) is 98.3 Å². The van der Waals surface area contributed by atoms with Crippen LogP contribution >= 0.6 is 11.3 Å².